The van der Waals surface area contributed by atoms with Crippen molar-refractivity contribution in [1.29, 1.82) is 0 Å². The zero-order valence-electron chi connectivity index (χ0n) is 8.35. The highest BCUT2D eigenvalue weighted by molar-refractivity contribution is 6.34. The first-order chi connectivity index (χ1) is 8.16. The molecule has 0 aliphatic rings. The van der Waals surface area contributed by atoms with Crippen molar-refractivity contribution in [2.24, 2.45) is 0 Å². The Bertz CT molecular complexity index is 752. The molecule has 0 amide bonds. The maximum atomic E-state index is 10.7. The number of nitro groups is 1. The number of aromatic amines is 1. The molecular weight excluding hydrogens is 244 g/mol. The van der Waals surface area contributed by atoms with Crippen LogP contribution in [-0.4, -0.2) is 19.9 Å². The number of nitro benzene ring substituents is 1. The molecule has 2 heterocycles. The fourth-order valence-corrected chi connectivity index (χ4v) is 1.94. The van der Waals surface area contributed by atoms with Gasteiger partial charge in [-0.3, -0.25) is 10.1 Å². The lowest BCUT2D eigenvalue weighted by Crippen LogP contribution is -1.86. The number of fused-ring (bicyclic) bond motifs is 3. The van der Waals surface area contributed by atoms with Gasteiger partial charge in [0.05, 0.1) is 4.92 Å². The second kappa shape index (κ2) is 3.39. The molecule has 0 saturated heterocycles. The van der Waals surface area contributed by atoms with Gasteiger partial charge in [0, 0.05) is 23.0 Å². The minimum absolute atomic E-state index is 0.0214. The van der Waals surface area contributed by atoms with Crippen LogP contribution in [0.15, 0.2) is 24.5 Å². The quantitative estimate of drug-likeness (QED) is 0.408. The Morgan fingerprint density at radius 3 is 2.94 bits per heavy atom. The summed E-state index contributed by atoms with van der Waals surface area (Å²) >= 11 is 5.91. The van der Waals surface area contributed by atoms with Gasteiger partial charge < -0.3 is 4.98 Å². The summed E-state index contributed by atoms with van der Waals surface area (Å²) in [6, 6.07) is 4.53. The second-order valence-electron chi connectivity index (χ2n) is 3.50. The van der Waals surface area contributed by atoms with Crippen LogP contribution in [0.2, 0.25) is 5.15 Å². The summed E-state index contributed by atoms with van der Waals surface area (Å²) in [6.07, 6.45) is 1.33. The minimum Gasteiger partial charge on any atom is -0.351 e. The fourth-order valence-electron chi connectivity index (χ4n) is 1.76. The molecule has 0 radical (unpaired) electrons. The number of halogens is 1. The molecule has 1 aromatic carbocycles. The molecule has 0 saturated carbocycles. The van der Waals surface area contributed by atoms with Crippen LogP contribution in [0.5, 0.6) is 0 Å². The van der Waals surface area contributed by atoms with Crippen LogP contribution in [0.25, 0.3) is 21.9 Å². The normalized spacial score (nSPS) is 11.1. The van der Waals surface area contributed by atoms with Crippen LogP contribution in [-0.2, 0) is 0 Å². The molecule has 0 atom stereocenters. The summed E-state index contributed by atoms with van der Waals surface area (Å²) in [4.78, 5) is 21.2. The zero-order valence-corrected chi connectivity index (χ0v) is 9.10. The van der Waals surface area contributed by atoms with E-state index < -0.39 is 4.92 Å². The van der Waals surface area contributed by atoms with Crippen molar-refractivity contribution in [3.8, 4) is 0 Å². The largest absolute Gasteiger partial charge is 0.351 e. The average Bonchev–Trinajstić information content (AvgIpc) is 2.68. The Hall–Kier alpha value is -2.21. The molecule has 84 valence electrons. The highest BCUT2D eigenvalue weighted by Crippen LogP contribution is 2.29. The molecule has 0 aliphatic heterocycles. The molecule has 0 aliphatic carbocycles. The van der Waals surface area contributed by atoms with Gasteiger partial charge in [-0.2, -0.15) is 0 Å². The third-order valence-electron chi connectivity index (χ3n) is 2.53. The number of benzene rings is 1. The number of non-ortho nitro benzene ring substituents is 1. The monoisotopic (exact) mass is 248 g/mol. The molecule has 0 spiro atoms. The molecule has 6 nitrogen and oxygen atoms in total. The van der Waals surface area contributed by atoms with Gasteiger partial charge in [0.25, 0.3) is 5.69 Å². The zero-order chi connectivity index (χ0) is 12.0. The molecule has 0 bridgehead atoms. The number of hydrogen-bond donors (Lipinski definition) is 1. The van der Waals surface area contributed by atoms with Gasteiger partial charge in [-0.1, -0.05) is 11.6 Å². The second-order valence-corrected chi connectivity index (χ2v) is 3.86. The van der Waals surface area contributed by atoms with Crippen LogP contribution >= 0.6 is 11.6 Å². The maximum absolute atomic E-state index is 10.7. The molecule has 17 heavy (non-hydrogen) atoms. The van der Waals surface area contributed by atoms with Crippen LogP contribution in [0, 0.1) is 10.1 Å². The van der Waals surface area contributed by atoms with Gasteiger partial charge in [0.15, 0.2) is 5.15 Å². The van der Waals surface area contributed by atoms with Gasteiger partial charge in [-0.05, 0) is 6.07 Å². The number of rotatable bonds is 1. The summed E-state index contributed by atoms with van der Waals surface area (Å²) in [6.45, 7) is 0. The summed E-state index contributed by atoms with van der Waals surface area (Å²) in [5, 5.41) is 11.7. The molecule has 7 heteroatoms. The first-order valence-corrected chi connectivity index (χ1v) is 5.11. The number of nitrogens with one attached hydrogen (secondary N) is 1. The Labute approximate surface area is 99.4 Å². The Morgan fingerprint density at radius 2 is 2.18 bits per heavy atom. The molecule has 3 aromatic rings. The molecular formula is C10H5ClN4O2. The lowest BCUT2D eigenvalue weighted by atomic mass is 10.2. The lowest BCUT2D eigenvalue weighted by molar-refractivity contribution is -0.384. The summed E-state index contributed by atoms with van der Waals surface area (Å²) in [5.74, 6) is 0. The van der Waals surface area contributed by atoms with Crippen molar-refractivity contribution in [3.63, 3.8) is 0 Å². The standard InChI is InChI=1S/C10H5ClN4O2/c11-10-9-8(12-4-13-10)6-3-5(15(16)17)1-2-7(6)14-9/h1-4,14H. The SMILES string of the molecule is O=[N+]([O-])c1ccc2[nH]c3c(Cl)ncnc3c2c1. The van der Waals surface area contributed by atoms with Crippen molar-refractivity contribution in [1.82, 2.24) is 15.0 Å². The first kappa shape index (κ1) is 9.98. The van der Waals surface area contributed by atoms with Gasteiger partial charge in [-0.25, -0.2) is 9.97 Å². The Morgan fingerprint density at radius 1 is 1.35 bits per heavy atom. The highest BCUT2D eigenvalue weighted by atomic mass is 35.5. The van der Waals surface area contributed by atoms with E-state index in [1.807, 2.05) is 0 Å². The minimum atomic E-state index is -0.443. The number of aromatic nitrogens is 3. The van der Waals surface area contributed by atoms with Crippen molar-refractivity contribution < 1.29 is 4.92 Å². The molecule has 0 fully saturated rings. The summed E-state index contributed by atoms with van der Waals surface area (Å²) < 4.78 is 0. The summed E-state index contributed by atoms with van der Waals surface area (Å²) in [7, 11) is 0. The Kier molecular flexibility index (Phi) is 1.99. The number of hydrogen-bond acceptors (Lipinski definition) is 4. The topological polar surface area (TPSA) is 84.7 Å². The van der Waals surface area contributed by atoms with Gasteiger partial charge in [-0.15, -0.1) is 0 Å². The van der Waals surface area contributed by atoms with Crippen LogP contribution in [0.4, 0.5) is 5.69 Å². The lowest BCUT2D eigenvalue weighted by Gasteiger charge is -1.92. The van der Waals surface area contributed by atoms with Crippen molar-refractivity contribution in [2.75, 3.05) is 0 Å². The number of H-pyrrole nitrogens is 1. The maximum Gasteiger partial charge on any atom is 0.270 e. The van der Waals surface area contributed by atoms with Gasteiger partial charge >= 0.3 is 0 Å². The molecule has 3 rings (SSSR count). The van der Waals surface area contributed by atoms with Gasteiger partial charge in [0.1, 0.15) is 17.4 Å². The molecule has 1 N–H and O–H groups in total. The third kappa shape index (κ3) is 1.42. The van der Waals surface area contributed by atoms with E-state index >= 15 is 0 Å². The smallest absolute Gasteiger partial charge is 0.270 e. The molecule has 2 aromatic heterocycles. The van der Waals surface area contributed by atoms with E-state index in [1.165, 1.54) is 18.5 Å². The van der Waals surface area contributed by atoms with Crippen LogP contribution < -0.4 is 0 Å². The van der Waals surface area contributed by atoms with Crippen molar-refractivity contribution in [2.45, 2.75) is 0 Å². The van der Waals surface area contributed by atoms with Crippen LogP contribution in [0.1, 0.15) is 0 Å². The molecule has 0 unspecified atom stereocenters. The highest BCUT2D eigenvalue weighted by Gasteiger charge is 2.13. The van der Waals surface area contributed by atoms with E-state index in [2.05, 4.69) is 15.0 Å². The third-order valence-corrected chi connectivity index (χ3v) is 2.82. The van der Waals surface area contributed by atoms with Crippen molar-refractivity contribution in [3.05, 3.63) is 39.8 Å². The summed E-state index contributed by atoms with van der Waals surface area (Å²) in [5.41, 5.74) is 1.94. The van der Waals surface area contributed by atoms with E-state index in [1.54, 1.807) is 6.07 Å². The van der Waals surface area contributed by atoms with E-state index in [-0.39, 0.29) is 5.69 Å². The first-order valence-electron chi connectivity index (χ1n) is 4.73. The fraction of sp³-hybridized carbons (Fsp3) is 0. The Balaban J connectivity index is 2.46. The van der Waals surface area contributed by atoms with E-state index in [0.29, 0.717) is 21.6 Å². The van der Waals surface area contributed by atoms with E-state index in [4.69, 9.17) is 11.6 Å². The number of nitrogens with zero attached hydrogens (tertiary/aromatic N) is 3. The van der Waals surface area contributed by atoms with Crippen molar-refractivity contribution >= 4 is 39.2 Å². The van der Waals surface area contributed by atoms with Gasteiger partial charge in [0.2, 0.25) is 0 Å². The predicted octanol–water partition coefficient (Wildman–Crippen LogP) is 2.67. The van der Waals surface area contributed by atoms with E-state index in [9.17, 15) is 10.1 Å². The average molecular weight is 249 g/mol. The van der Waals surface area contributed by atoms with Crippen LogP contribution in [0.3, 0.4) is 0 Å². The predicted molar refractivity (Wildman–Crippen MR) is 63.1 cm³/mol. The van der Waals surface area contributed by atoms with E-state index in [0.717, 1.165) is 5.52 Å².